The first-order chi connectivity index (χ1) is 18.3. The second kappa shape index (κ2) is 12.5. The standard InChI is InChI=1S/C29H20F4N4O.2ClH/c1-37-17-35-15-26(37)28(38-16-18-7-10-24(25(30)12-18)29(31,32)33)20-8-9-21(14-34)23(13-20)22-6-2-4-19-5-3-11-36-27(19)22;;/h2-13,15,17,28H,16H2,1H3;2*1H. The molecule has 40 heavy (non-hydrogen) atoms. The van der Waals surface area contributed by atoms with Crippen LogP contribution in [-0.2, 0) is 24.6 Å². The summed E-state index contributed by atoms with van der Waals surface area (Å²) in [6.45, 7) is -0.157. The number of nitrogens with zero attached hydrogens (tertiary/aromatic N) is 4. The zero-order valence-electron chi connectivity index (χ0n) is 20.9. The maximum absolute atomic E-state index is 14.2. The van der Waals surface area contributed by atoms with Gasteiger partial charge in [-0.1, -0.05) is 36.4 Å². The summed E-state index contributed by atoms with van der Waals surface area (Å²) >= 11 is 0. The number of aromatic nitrogens is 3. The van der Waals surface area contributed by atoms with Gasteiger partial charge in [0.2, 0.25) is 0 Å². The Hall–Kier alpha value is -3.97. The number of hydrogen-bond acceptors (Lipinski definition) is 4. The Balaban J connectivity index is 0.00000220. The minimum absolute atomic E-state index is 0. The third-order valence-electron chi connectivity index (χ3n) is 6.27. The zero-order chi connectivity index (χ0) is 26.9. The molecule has 1 unspecified atom stereocenters. The van der Waals surface area contributed by atoms with Crippen LogP contribution in [0.4, 0.5) is 17.6 Å². The Kier molecular flexibility index (Phi) is 9.53. The molecule has 1 atom stereocenters. The summed E-state index contributed by atoms with van der Waals surface area (Å²) in [7, 11) is 1.79. The van der Waals surface area contributed by atoms with E-state index in [-0.39, 0.29) is 37.0 Å². The Bertz CT molecular complexity index is 1680. The maximum Gasteiger partial charge on any atom is 0.419 e. The molecular formula is C29H22Cl2F4N4O. The molecule has 0 amide bonds. The third-order valence-corrected chi connectivity index (χ3v) is 6.27. The molecule has 0 N–H and O–H groups in total. The lowest BCUT2D eigenvalue weighted by Gasteiger charge is -2.21. The number of nitriles is 1. The minimum Gasteiger partial charge on any atom is -0.363 e. The van der Waals surface area contributed by atoms with E-state index in [2.05, 4.69) is 16.0 Å². The van der Waals surface area contributed by atoms with Crippen molar-refractivity contribution in [3.05, 3.63) is 119 Å². The van der Waals surface area contributed by atoms with E-state index in [1.165, 1.54) is 6.07 Å². The van der Waals surface area contributed by atoms with Crippen LogP contribution < -0.4 is 0 Å². The molecule has 0 saturated carbocycles. The molecule has 0 aliphatic rings. The number of para-hydroxylation sites is 1. The number of pyridine rings is 1. The third kappa shape index (κ3) is 6.10. The van der Waals surface area contributed by atoms with Crippen LogP contribution in [0.1, 0.15) is 34.1 Å². The first-order valence-corrected chi connectivity index (χ1v) is 11.6. The predicted octanol–water partition coefficient (Wildman–Crippen LogP) is 7.81. The number of rotatable bonds is 6. The molecule has 0 aliphatic heterocycles. The van der Waals surface area contributed by atoms with Crippen molar-refractivity contribution in [2.75, 3.05) is 0 Å². The van der Waals surface area contributed by atoms with Crippen LogP contribution >= 0.6 is 24.8 Å². The highest BCUT2D eigenvalue weighted by Gasteiger charge is 2.34. The zero-order valence-corrected chi connectivity index (χ0v) is 22.5. The second-order valence-electron chi connectivity index (χ2n) is 8.73. The van der Waals surface area contributed by atoms with E-state index in [0.29, 0.717) is 28.5 Å². The molecule has 2 heterocycles. The Labute approximate surface area is 239 Å². The molecule has 0 saturated heterocycles. The number of fused-ring (bicyclic) bond motifs is 1. The molecule has 206 valence electrons. The summed E-state index contributed by atoms with van der Waals surface area (Å²) in [5, 5.41) is 10.8. The van der Waals surface area contributed by atoms with Crippen molar-refractivity contribution in [3.63, 3.8) is 0 Å². The van der Waals surface area contributed by atoms with E-state index in [4.69, 9.17) is 4.74 Å². The van der Waals surface area contributed by atoms with Gasteiger partial charge in [-0.2, -0.15) is 18.4 Å². The summed E-state index contributed by atoms with van der Waals surface area (Å²) in [4.78, 5) is 8.68. The van der Waals surface area contributed by atoms with Gasteiger partial charge in [0, 0.05) is 29.8 Å². The van der Waals surface area contributed by atoms with Gasteiger partial charge in [0.1, 0.15) is 11.9 Å². The average molecular weight is 589 g/mol. The Morgan fingerprint density at radius 3 is 2.45 bits per heavy atom. The highest BCUT2D eigenvalue weighted by molar-refractivity contribution is 5.95. The van der Waals surface area contributed by atoms with E-state index in [1.807, 2.05) is 36.4 Å². The number of benzene rings is 3. The van der Waals surface area contributed by atoms with Crippen molar-refractivity contribution in [2.45, 2.75) is 18.9 Å². The van der Waals surface area contributed by atoms with Crippen molar-refractivity contribution in [1.29, 1.82) is 5.26 Å². The van der Waals surface area contributed by atoms with Crippen molar-refractivity contribution in [1.82, 2.24) is 14.5 Å². The SMILES string of the molecule is Cl.Cl.Cn1cncc1C(OCc1ccc(C(F)(F)F)c(F)c1)c1ccc(C#N)c(-c2cccc3cccnc23)c1. The molecule has 2 aromatic heterocycles. The first-order valence-electron chi connectivity index (χ1n) is 11.6. The van der Waals surface area contributed by atoms with Gasteiger partial charge in [-0.15, -0.1) is 24.8 Å². The molecule has 3 aromatic carbocycles. The Morgan fingerprint density at radius 2 is 1.77 bits per heavy atom. The average Bonchev–Trinajstić information content (AvgIpc) is 3.33. The molecule has 0 spiro atoms. The second-order valence-corrected chi connectivity index (χ2v) is 8.73. The van der Waals surface area contributed by atoms with E-state index in [1.54, 1.807) is 42.5 Å². The molecule has 11 heteroatoms. The van der Waals surface area contributed by atoms with E-state index in [9.17, 15) is 22.8 Å². The largest absolute Gasteiger partial charge is 0.419 e. The minimum atomic E-state index is -4.78. The number of imidazole rings is 1. The van der Waals surface area contributed by atoms with Gasteiger partial charge in [-0.25, -0.2) is 9.37 Å². The topological polar surface area (TPSA) is 63.7 Å². The number of aryl methyl sites for hydroxylation is 1. The number of hydrogen-bond donors (Lipinski definition) is 0. The highest BCUT2D eigenvalue weighted by atomic mass is 35.5. The predicted molar refractivity (Wildman–Crippen MR) is 148 cm³/mol. The maximum atomic E-state index is 14.2. The van der Waals surface area contributed by atoms with Gasteiger partial charge in [0.15, 0.2) is 0 Å². The van der Waals surface area contributed by atoms with Crippen LogP contribution in [0.3, 0.4) is 0 Å². The van der Waals surface area contributed by atoms with Gasteiger partial charge < -0.3 is 9.30 Å². The van der Waals surface area contributed by atoms with Gasteiger partial charge in [-0.3, -0.25) is 4.98 Å². The molecule has 0 fully saturated rings. The summed E-state index contributed by atoms with van der Waals surface area (Å²) in [5.41, 5.74) is 2.88. The highest BCUT2D eigenvalue weighted by Crippen LogP contribution is 2.36. The summed E-state index contributed by atoms with van der Waals surface area (Å²) < 4.78 is 61.0. The molecule has 0 aliphatic carbocycles. The lowest BCUT2D eigenvalue weighted by molar-refractivity contribution is -0.140. The van der Waals surface area contributed by atoms with E-state index >= 15 is 0 Å². The van der Waals surface area contributed by atoms with Crippen molar-refractivity contribution < 1.29 is 22.3 Å². The smallest absolute Gasteiger partial charge is 0.363 e. The van der Waals surface area contributed by atoms with Gasteiger partial charge >= 0.3 is 6.18 Å². The van der Waals surface area contributed by atoms with Crippen LogP contribution in [0, 0.1) is 17.1 Å². The monoisotopic (exact) mass is 588 g/mol. The molecule has 0 bridgehead atoms. The van der Waals surface area contributed by atoms with Gasteiger partial charge in [0.25, 0.3) is 0 Å². The summed E-state index contributed by atoms with van der Waals surface area (Å²) in [5.74, 6) is -1.36. The van der Waals surface area contributed by atoms with Gasteiger partial charge in [0.05, 0.1) is 47.5 Å². The van der Waals surface area contributed by atoms with Crippen LogP contribution in [0.15, 0.2) is 85.5 Å². The fraction of sp³-hybridized carbons (Fsp3) is 0.138. The normalized spacial score (nSPS) is 11.8. The lowest BCUT2D eigenvalue weighted by atomic mass is 9.93. The van der Waals surface area contributed by atoms with Crippen LogP contribution in [0.5, 0.6) is 0 Å². The molecule has 5 rings (SSSR count). The molecule has 5 nitrogen and oxygen atoms in total. The van der Waals surface area contributed by atoms with E-state index in [0.717, 1.165) is 22.5 Å². The van der Waals surface area contributed by atoms with Gasteiger partial charge in [-0.05, 0) is 41.5 Å². The molecule has 5 aromatic rings. The quantitative estimate of drug-likeness (QED) is 0.190. The number of halogens is 6. The van der Waals surface area contributed by atoms with Crippen molar-refractivity contribution >= 4 is 35.7 Å². The first kappa shape index (κ1) is 30.6. The fourth-order valence-electron chi connectivity index (χ4n) is 4.40. The fourth-order valence-corrected chi connectivity index (χ4v) is 4.40. The number of alkyl halides is 3. The number of ether oxygens (including phenoxy) is 1. The summed E-state index contributed by atoms with van der Waals surface area (Å²) in [6.07, 6.45) is -0.581. The van der Waals surface area contributed by atoms with Crippen molar-refractivity contribution in [2.24, 2.45) is 7.05 Å². The van der Waals surface area contributed by atoms with Crippen LogP contribution in [0.25, 0.3) is 22.0 Å². The van der Waals surface area contributed by atoms with Crippen LogP contribution in [0.2, 0.25) is 0 Å². The van der Waals surface area contributed by atoms with E-state index < -0.39 is 23.7 Å². The lowest BCUT2D eigenvalue weighted by Crippen LogP contribution is -2.12. The molecule has 0 radical (unpaired) electrons. The summed E-state index contributed by atoms with van der Waals surface area (Å²) in [6, 6.07) is 19.7. The van der Waals surface area contributed by atoms with Crippen LogP contribution in [-0.4, -0.2) is 14.5 Å². The Morgan fingerprint density at radius 1 is 1.00 bits per heavy atom. The van der Waals surface area contributed by atoms with Crippen molar-refractivity contribution in [3.8, 4) is 17.2 Å². The molecular weight excluding hydrogens is 567 g/mol.